The van der Waals surface area contributed by atoms with Crippen molar-refractivity contribution in [3.8, 4) is 0 Å². The number of hydrogen-bond acceptors (Lipinski definition) is 3. The average molecular weight is 297 g/mol. The molecule has 0 amide bonds. The van der Waals surface area contributed by atoms with Gasteiger partial charge in [0.1, 0.15) is 23.3 Å². The van der Waals surface area contributed by atoms with E-state index >= 15 is 0 Å². The van der Waals surface area contributed by atoms with E-state index in [1.807, 2.05) is 22.8 Å². The Kier molecular flexibility index (Phi) is 3.35. The molecule has 1 fully saturated rings. The van der Waals surface area contributed by atoms with E-state index in [4.69, 9.17) is 4.74 Å². The van der Waals surface area contributed by atoms with Crippen molar-refractivity contribution < 1.29 is 9.13 Å². The Bertz CT molecular complexity index is 809. The number of nitrogens with zero attached hydrogens (tertiary/aromatic N) is 3. The highest BCUT2D eigenvalue weighted by Crippen LogP contribution is 2.30. The first kappa shape index (κ1) is 13.4. The SMILES string of the molecule is Fc1ccccc1Cn1c(C2CCCO2)nc2cccnc21. The van der Waals surface area contributed by atoms with Crippen molar-refractivity contribution >= 4 is 11.2 Å². The van der Waals surface area contributed by atoms with Gasteiger partial charge in [0.2, 0.25) is 0 Å². The van der Waals surface area contributed by atoms with Gasteiger partial charge in [0, 0.05) is 18.4 Å². The second-order valence-corrected chi connectivity index (χ2v) is 5.50. The Hall–Kier alpha value is -2.27. The van der Waals surface area contributed by atoms with Crippen molar-refractivity contribution in [1.29, 1.82) is 0 Å². The standard InChI is InChI=1S/C17H16FN3O/c18-13-6-2-1-5-12(13)11-21-16-14(7-3-9-19-16)20-17(21)15-8-4-10-22-15/h1-3,5-7,9,15H,4,8,10-11H2. The summed E-state index contributed by atoms with van der Waals surface area (Å²) in [7, 11) is 0. The van der Waals surface area contributed by atoms with Crippen LogP contribution in [0.5, 0.6) is 0 Å². The first-order valence-corrected chi connectivity index (χ1v) is 7.49. The largest absolute Gasteiger partial charge is 0.370 e. The van der Waals surface area contributed by atoms with E-state index in [-0.39, 0.29) is 11.9 Å². The number of fused-ring (bicyclic) bond motifs is 1. The maximum Gasteiger partial charge on any atom is 0.160 e. The minimum Gasteiger partial charge on any atom is -0.370 e. The first-order chi connectivity index (χ1) is 10.8. The fourth-order valence-electron chi connectivity index (χ4n) is 2.96. The summed E-state index contributed by atoms with van der Waals surface area (Å²) in [5.41, 5.74) is 2.23. The molecule has 0 N–H and O–H groups in total. The van der Waals surface area contributed by atoms with Crippen LogP contribution < -0.4 is 0 Å². The molecule has 0 bridgehead atoms. The molecule has 22 heavy (non-hydrogen) atoms. The normalized spacial score (nSPS) is 18.1. The molecule has 1 aromatic carbocycles. The van der Waals surface area contributed by atoms with Crippen molar-refractivity contribution in [2.24, 2.45) is 0 Å². The summed E-state index contributed by atoms with van der Waals surface area (Å²) in [5, 5.41) is 0. The molecule has 0 aliphatic carbocycles. The molecule has 5 heteroatoms. The number of aromatic nitrogens is 3. The van der Waals surface area contributed by atoms with Crippen LogP contribution in [0.25, 0.3) is 11.2 Å². The van der Waals surface area contributed by atoms with Gasteiger partial charge in [-0.1, -0.05) is 18.2 Å². The van der Waals surface area contributed by atoms with Crippen LogP contribution in [-0.4, -0.2) is 21.1 Å². The van der Waals surface area contributed by atoms with Gasteiger partial charge >= 0.3 is 0 Å². The molecule has 0 radical (unpaired) electrons. The summed E-state index contributed by atoms with van der Waals surface area (Å²) in [6, 6.07) is 10.6. The van der Waals surface area contributed by atoms with Crippen molar-refractivity contribution in [3.05, 3.63) is 59.8 Å². The molecule has 2 aromatic heterocycles. The third-order valence-electron chi connectivity index (χ3n) is 4.04. The molecule has 4 rings (SSSR count). The van der Waals surface area contributed by atoms with Gasteiger partial charge in [-0.3, -0.25) is 0 Å². The summed E-state index contributed by atoms with van der Waals surface area (Å²) >= 11 is 0. The fraction of sp³-hybridized carbons (Fsp3) is 0.294. The zero-order chi connectivity index (χ0) is 14.9. The third-order valence-corrected chi connectivity index (χ3v) is 4.04. The Morgan fingerprint density at radius 3 is 2.95 bits per heavy atom. The lowest BCUT2D eigenvalue weighted by Gasteiger charge is -2.13. The molecule has 1 unspecified atom stereocenters. The molecule has 1 saturated heterocycles. The number of imidazole rings is 1. The molecular formula is C17H16FN3O. The number of pyridine rings is 1. The van der Waals surface area contributed by atoms with Gasteiger partial charge in [0.25, 0.3) is 0 Å². The van der Waals surface area contributed by atoms with E-state index in [1.165, 1.54) is 6.07 Å². The van der Waals surface area contributed by atoms with Crippen LogP contribution in [0.15, 0.2) is 42.6 Å². The molecule has 1 aliphatic rings. The topological polar surface area (TPSA) is 39.9 Å². The van der Waals surface area contributed by atoms with Crippen LogP contribution in [0.1, 0.15) is 30.3 Å². The predicted octanol–water partition coefficient (Wildman–Crippen LogP) is 3.47. The van der Waals surface area contributed by atoms with E-state index in [9.17, 15) is 4.39 Å². The summed E-state index contributed by atoms with van der Waals surface area (Å²) < 4.78 is 21.8. The van der Waals surface area contributed by atoms with E-state index in [2.05, 4.69) is 9.97 Å². The van der Waals surface area contributed by atoms with Crippen LogP contribution in [0, 0.1) is 5.82 Å². The van der Waals surface area contributed by atoms with Gasteiger partial charge in [0.15, 0.2) is 5.65 Å². The Morgan fingerprint density at radius 1 is 1.23 bits per heavy atom. The lowest BCUT2D eigenvalue weighted by molar-refractivity contribution is 0.102. The van der Waals surface area contributed by atoms with Crippen molar-refractivity contribution in [2.45, 2.75) is 25.5 Å². The summed E-state index contributed by atoms with van der Waals surface area (Å²) in [6.07, 6.45) is 3.68. The summed E-state index contributed by atoms with van der Waals surface area (Å²) in [6.45, 7) is 1.16. The third kappa shape index (κ3) is 2.27. The lowest BCUT2D eigenvalue weighted by atomic mass is 10.2. The molecular weight excluding hydrogens is 281 g/mol. The number of ether oxygens (including phenoxy) is 1. The number of rotatable bonds is 3. The van der Waals surface area contributed by atoms with Crippen molar-refractivity contribution in [1.82, 2.24) is 14.5 Å². The van der Waals surface area contributed by atoms with Crippen molar-refractivity contribution in [3.63, 3.8) is 0 Å². The van der Waals surface area contributed by atoms with E-state index in [1.54, 1.807) is 18.3 Å². The van der Waals surface area contributed by atoms with Gasteiger partial charge < -0.3 is 9.30 Å². The molecule has 112 valence electrons. The minimum atomic E-state index is -0.210. The number of benzene rings is 1. The number of hydrogen-bond donors (Lipinski definition) is 0. The highest BCUT2D eigenvalue weighted by atomic mass is 19.1. The molecule has 1 atom stereocenters. The lowest BCUT2D eigenvalue weighted by Crippen LogP contribution is -2.11. The zero-order valence-electron chi connectivity index (χ0n) is 12.1. The molecule has 4 nitrogen and oxygen atoms in total. The predicted molar refractivity (Wildman–Crippen MR) is 81.0 cm³/mol. The number of halogens is 1. The second kappa shape index (κ2) is 5.50. The maximum absolute atomic E-state index is 14.0. The van der Waals surface area contributed by atoms with E-state index in [0.717, 1.165) is 36.4 Å². The molecule has 3 heterocycles. The minimum absolute atomic E-state index is 0.0269. The quantitative estimate of drug-likeness (QED) is 0.743. The molecule has 0 spiro atoms. The van der Waals surface area contributed by atoms with Crippen molar-refractivity contribution in [2.75, 3.05) is 6.61 Å². The zero-order valence-corrected chi connectivity index (χ0v) is 12.1. The Labute approximate surface area is 127 Å². The van der Waals surface area contributed by atoms with E-state index < -0.39 is 0 Å². The van der Waals surface area contributed by atoms with Crippen LogP contribution in [0.2, 0.25) is 0 Å². The summed E-state index contributed by atoms with van der Waals surface area (Å²) in [5.74, 6) is 0.632. The second-order valence-electron chi connectivity index (χ2n) is 5.50. The van der Waals surface area contributed by atoms with Gasteiger partial charge in [-0.05, 0) is 31.0 Å². The van der Waals surface area contributed by atoms with Gasteiger partial charge in [-0.15, -0.1) is 0 Å². The van der Waals surface area contributed by atoms with Crippen LogP contribution in [0.3, 0.4) is 0 Å². The van der Waals surface area contributed by atoms with E-state index in [0.29, 0.717) is 12.1 Å². The average Bonchev–Trinajstić information content (AvgIpc) is 3.17. The fourth-order valence-corrected chi connectivity index (χ4v) is 2.96. The summed E-state index contributed by atoms with van der Waals surface area (Å²) in [4.78, 5) is 9.10. The van der Waals surface area contributed by atoms with Gasteiger partial charge in [-0.25, -0.2) is 14.4 Å². The Balaban J connectivity index is 1.83. The van der Waals surface area contributed by atoms with Gasteiger partial charge in [0.05, 0.1) is 6.54 Å². The van der Waals surface area contributed by atoms with Crippen LogP contribution >= 0.6 is 0 Å². The Morgan fingerprint density at radius 2 is 2.14 bits per heavy atom. The first-order valence-electron chi connectivity index (χ1n) is 7.49. The molecule has 1 aliphatic heterocycles. The smallest absolute Gasteiger partial charge is 0.160 e. The highest BCUT2D eigenvalue weighted by Gasteiger charge is 2.25. The maximum atomic E-state index is 14.0. The molecule has 0 saturated carbocycles. The van der Waals surface area contributed by atoms with Gasteiger partial charge in [-0.2, -0.15) is 0 Å². The highest BCUT2D eigenvalue weighted by molar-refractivity contribution is 5.71. The van der Waals surface area contributed by atoms with Crippen LogP contribution in [-0.2, 0) is 11.3 Å². The monoisotopic (exact) mass is 297 g/mol. The van der Waals surface area contributed by atoms with Crippen LogP contribution in [0.4, 0.5) is 4.39 Å². The molecule has 3 aromatic rings.